The summed E-state index contributed by atoms with van der Waals surface area (Å²) in [4.78, 5) is 26.3. The minimum atomic E-state index is -0.0250. The van der Waals surface area contributed by atoms with E-state index < -0.39 is 0 Å². The molecular weight excluding hydrogens is 368 g/mol. The Morgan fingerprint density at radius 2 is 1.97 bits per heavy atom. The Morgan fingerprint density at radius 3 is 2.72 bits per heavy atom. The van der Waals surface area contributed by atoms with Crippen LogP contribution in [0, 0.1) is 5.92 Å². The highest BCUT2D eigenvalue weighted by Crippen LogP contribution is 2.40. The van der Waals surface area contributed by atoms with Crippen LogP contribution >= 0.6 is 0 Å². The summed E-state index contributed by atoms with van der Waals surface area (Å²) in [6.45, 7) is 2.39. The van der Waals surface area contributed by atoms with Crippen LogP contribution in [0.1, 0.15) is 37.3 Å². The van der Waals surface area contributed by atoms with Gasteiger partial charge in [0.1, 0.15) is 17.3 Å². The fraction of sp³-hybridized carbons (Fsp3) is 0.500. The molecule has 0 N–H and O–H groups in total. The smallest absolute Gasteiger partial charge is 0.227 e. The van der Waals surface area contributed by atoms with Crippen molar-refractivity contribution in [2.75, 3.05) is 38.8 Å². The molecule has 4 rings (SSSR count). The third-order valence-corrected chi connectivity index (χ3v) is 5.98. The highest BCUT2D eigenvalue weighted by Gasteiger charge is 2.37. The topological polar surface area (TPSA) is 67.8 Å². The van der Waals surface area contributed by atoms with E-state index in [1.54, 1.807) is 32.8 Å². The van der Waals surface area contributed by atoms with E-state index in [0.29, 0.717) is 6.54 Å². The van der Waals surface area contributed by atoms with E-state index in [9.17, 15) is 4.79 Å². The fourth-order valence-corrected chi connectivity index (χ4v) is 4.53. The predicted molar refractivity (Wildman–Crippen MR) is 110 cm³/mol. The van der Waals surface area contributed by atoms with Gasteiger partial charge in [0.15, 0.2) is 0 Å². The molecule has 2 aliphatic heterocycles. The number of hydrogen-bond acceptors (Lipinski definition) is 6. The number of aromatic nitrogens is 2. The van der Waals surface area contributed by atoms with Gasteiger partial charge in [-0.05, 0) is 43.9 Å². The summed E-state index contributed by atoms with van der Waals surface area (Å²) in [5, 5.41) is 0. The van der Waals surface area contributed by atoms with Gasteiger partial charge in [-0.25, -0.2) is 4.98 Å². The number of ether oxygens (including phenoxy) is 2. The summed E-state index contributed by atoms with van der Waals surface area (Å²) >= 11 is 0. The SMILES string of the molecule is COc1ccc(OC)c([C@@H]2CCCN2C(=O)[C@@H]2CCCN(c3cnccn3)C2)c1. The van der Waals surface area contributed by atoms with Gasteiger partial charge in [-0.15, -0.1) is 0 Å². The predicted octanol–water partition coefficient (Wildman–Crippen LogP) is 3.07. The van der Waals surface area contributed by atoms with E-state index in [4.69, 9.17) is 9.47 Å². The second-order valence-corrected chi connectivity index (χ2v) is 7.65. The van der Waals surface area contributed by atoms with Crippen LogP contribution in [0.15, 0.2) is 36.8 Å². The van der Waals surface area contributed by atoms with Crippen molar-refractivity contribution in [3.63, 3.8) is 0 Å². The van der Waals surface area contributed by atoms with Gasteiger partial charge in [0.25, 0.3) is 0 Å². The molecule has 7 nitrogen and oxygen atoms in total. The standard InChI is InChI=1S/C22H28N4O3/c1-28-17-7-8-20(29-2)18(13-17)19-6-4-12-26(19)22(27)16-5-3-11-25(15-16)21-14-23-9-10-24-21/h7-10,13-14,16,19H,3-6,11-12,15H2,1-2H3/t16-,19+/m1/s1. The van der Waals surface area contributed by atoms with Gasteiger partial charge >= 0.3 is 0 Å². The maximum absolute atomic E-state index is 13.5. The van der Waals surface area contributed by atoms with Crippen LogP contribution in [-0.2, 0) is 4.79 Å². The Balaban J connectivity index is 1.54. The van der Waals surface area contributed by atoms with Crippen LogP contribution in [0.4, 0.5) is 5.82 Å². The highest BCUT2D eigenvalue weighted by atomic mass is 16.5. The number of amides is 1. The average molecular weight is 396 g/mol. The molecule has 0 saturated carbocycles. The van der Waals surface area contributed by atoms with E-state index in [1.165, 1.54) is 0 Å². The van der Waals surface area contributed by atoms with Crippen molar-refractivity contribution in [1.29, 1.82) is 0 Å². The minimum Gasteiger partial charge on any atom is -0.497 e. The molecule has 2 aliphatic rings. The van der Waals surface area contributed by atoms with Crippen LogP contribution in [0.25, 0.3) is 0 Å². The molecule has 0 unspecified atom stereocenters. The molecule has 1 aromatic heterocycles. The third-order valence-electron chi connectivity index (χ3n) is 5.98. The third kappa shape index (κ3) is 3.99. The Kier molecular flexibility index (Phi) is 5.83. The van der Waals surface area contributed by atoms with E-state index >= 15 is 0 Å². The first kappa shape index (κ1) is 19.5. The molecule has 154 valence electrons. The second kappa shape index (κ2) is 8.68. The highest BCUT2D eigenvalue weighted by molar-refractivity contribution is 5.80. The molecule has 0 bridgehead atoms. The number of carbonyl (C=O) groups is 1. The molecule has 29 heavy (non-hydrogen) atoms. The van der Waals surface area contributed by atoms with Crippen molar-refractivity contribution in [2.45, 2.75) is 31.7 Å². The summed E-state index contributed by atoms with van der Waals surface area (Å²) < 4.78 is 11.0. The van der Waals surface area contributed by atoms with Gasteiger partial charge in [0, 0.05) is 37.6 Å². The molecular formula is C22H28N4O3. The molecule has 7 heteroatoms. The number of likely N-dealkylation sites (tertiary alicyclic amines) is 1. The van der Waals surface area contributed by atoms with E-state index in [-0.39, 0.29) is 17.9 Å². The Bertz CT molecular complexity index is 845. The summed E-state index contributed by atoms with van der Waals surface area (Å²) in [5.74, 6) is 2.64. The van der Waals surface area contributed by atoms with Crippen LogP contribution in [-0.4, -0.2) is 54.6 Å². The summed E-state index contributed by atoms with van der Waals surface area (Å²) in [6.07, 6.45) is 8.97. The zero-order valence-electron chi connectivity index (χ0n) is 17.1. The zero-order chi connectivity index (χ0) is 20.2. The first-order valence-electron chi connectivity index (χ1n) is 10.2. The summed E-state index contributed by atoms with van der Waals surface area (Å²) in [5.41, 5.74) is 1.03. The molecule has 2 saturated heterocycles. The van der Waals surface area contributed by atoms with Crippen LogP contribution in [0.2, 0.25) is 0 Å². The Hall–Kier alpha value is -2.83. The summed E-state index contributed by atoms with van der Waals surface area (Å²) in [7, 11) is 3.33. The normalized spacial score (nSPS) is 21.9. The number of piperidine rings is 1. The largest absolute Gasteiger partial charge is 0.497 e. The number of carbonyl (C=O) groups excluding carboxylic acids is 1. The second-order valence-electron chi connectivity index (χ2n) is 7.65. The molecule has 1 aromatic carbocycles. The van der Waals surface area contributed by atoms with Crippen LogP contribution in [0.3, 0.4) is 0 Å². The monoisotopic (exact) mass is 396 g/mol. The number of hydrogen-bond donors (Lipinski definition) is 0. The van der Waals surface area contributed by atoms with Crippen LogP contribution in [0.5, 0.6) is 11.5 Å². The van der Waals surface area contributed by atoms with E-state index in [1.807, 2.05) is 23.1 Å². The van der Waals surface area contributed by atoms with Crippen molar-refractivity contribution in [1.82, 2.24) is 14.9 Å². The molecule has 2 atom stereocenters. The van der Waals surface area contributed by atoms with Crippen molar-refractivity contribution >= 4 is 11.7 Å². The first-order chi connectivity index (χ1) is 14.2. The lowest BCUT2D eigenvalue weighted by Gasteiger charge is -2.36. The van der Waals surface area contributed by atoms with Gasteiger partial charge in [-0.2, -0.15) is 0 Å². The number of benzene rings is 1. The minimum absolute atomic E-state index is 0.0250. The molecule has 0 spiro atoms. The quantitative estimate of drug-likeness (QED) is 0.774. The lowest BCUT2D eigenvalue weighted by Crippen LogP contribution is -2.45. The lowest BCUT2D eigenvalue weighted by atomic mass is 9.95. The van der Waals surface area contributed by atoms with Gasteiger partial charge in [0.2, 0.25) is 5.91 Å². The van der Waals surface area contributed by atoms with Crippen molar-refractivity contribution in [2.24, 2.45) is 5.92 Å². The molecule has 1 amide bonds. The average Bonchev–Trinajstić information content (AvgIpc) is 3.28. The van der Waals surface area contributed by atoms with Gasteiger partial charge < -0.3 is 19.3 Å². The van der Waals surface area contributed by atoms with Crippen molar-refractivity contribution in [3.05, 3.63) is 42.4 Å². The Labute approximate surface area is 171 Å². The zero-order valence-corrected chi connectivity index (χ0v) is 17.1. The van der Waals surface area contributed by atoms with Crippen LogP contribution < -0.4 is 14.4 Å². The Morgan fingerprint density at radius 1 is 1.10 bits per heavy atom. The van der Waals surface area contributed by atoms with Gasteiger partial charge in [-0.1, -0.05) is 0 Å². The van der Waals surface area contributed by atoms with Gasteiger partial charge in [0.05, 0.1) is 32.4 Å². The summed E-state index contributed by atoms with van der Waals surface area (Å²) in [6, 6.07) is 5.84. The van der Waals surface area contributed by atoms with Crippen molar-refractivity contribution in [3.8, 4) is 11.5 Å². The molecule has 0 radical (unpaired) electrons. The number of methoxy groups -OCH3 is 2. The van der Waals surface area contributed by atoms with E-state index in [0.717, 1.165) is 61.7 Å². The maximum Gasteiger partial charge on any atom is 0.227 e. The van der Waals surface area contributed by atoms with E-state index in [2.05, 4.69) is 14.9 Å². The number of rotatable bonds is 5. The molecule has 3 heterocycles. The molecule has 2 fully saturated rings. The fourth-order valence-electron chi connectivity index (χ4n) is 4.53. The van der Waals surface area contributed by atoms with Crippen molar-refractivity contribution < 1.29 is 14.3 Å². The van der Waals surface area contributed by atoms with Gasteiger partial charge in [-0.3, -0.25) is 9.78 Å². The molecule has 0 aliphatic carbocycles. The first-order valence-corrected chi connectivity index (χ1v) is 10.2. The number of nitrogens with zero attached hydrogens (tertiary/aromatic N) is 4. The lowest BCUT2D eigenvalue weighted by molar-refractivity contribution is -0.136. The molecule has 2 aromatic rings. The number of anilines is 1. The maximum atomic E-state index is 13.5.